The fraction of sp³-hybridized carbons (Fsp3) is 0.708. The first-order chi connectivity index (χ1) is 16.1. The molecule has 1 amide bonds. The van der Waals surface area contributed by atoms with Crippen LogP contribution in [0.2, 0.25) is 0 Å². The van der Waals surface area contributed by atoms with E-state index in [1.165, 1.54) is 6.07 Å². The zero-order chi connectivity index (χ0) is 23.9. The molecule has 5 saturated carbocycles. The number of hydrogen-bond acceptors (Lipinski definition) is 4. The van der Waals surface area contributed by atoms with Crippen molar-refractivity contribution in [3.8, 4) is 5.75 Å². The molecule has 10 heteroatoms. The number of benzene rings is 1. The highest BCUT2D eigenvalue weighted by atomic mass is 32.2. The van der Waals surface area contributed by atoms with Gasteiger partial charge in [-0.3, -0.25) is 4.79 Å². The van der Waals surface area contributed by atoms with E-state index in [0.29, 0.717) is 56.0 Å². The van der Waals surface area contributed by atoms with Gasteiger partial charge in [0.05, 0.1) is 12.2 Å². The molecular formula is C24H29F3N2O4S. The highest BCUT2D eigenvalue weighted by Gasteiger charge is 2.64. The summed E-state index contributed by atoms with van der Waals surface area (Å²) in [6.45, 7) is 0.934. The Hall–Kier alpha value is -1.81. The van der Waals surface area contributed by atoms with Gasteiger partial charge in [-0.25, -0.2) is 17.9 Å². The molecule has 1 aromatic carbocycles. The van der Waals surface area contributed by atoms with Crippen LogP contribution in [0.1, 0.15) is 73.2 Å². The first-order valence-electron chi connectivity index (χ1n) is 12.2. The van der Waals surface area contributed by atoms with Gasteiger partial charge in [0.15, 0.2) is 0 Å². The summed E-state index contributed by atoms with van der Waals surface area (Å²) in [6, 6.07) is 2.56. The van der Waals surface area contributed by atoms with E-state index in [1.54, 1.807) is 0 Å². The molecule has 7 rings (SSSR count). The summed E-state index contributed by atoms with van der Waals surface area (Å²) in [5.41, 5.74) is 0.0485. The zero-order valence-electron chi connectivity index (χ0n) is 18.9. The Bertz CT molecular complexity index is 1120. The van der Waals surface area contributed by atoms with E-state index in [0.717, 1.165) is 36.1 Å². The third-order valence-corrected chi connectivity index (χ3v) is 10.2. The Morgan fingerprint density at radius 3 is 2.38 bits per heavy atom. The smallest absolute Gasteiger partial charge is 0.304 e. The molecule has 6 nitrogen and oxygen atoms in total. The van der Waals surface area contributed by atoms with Crippen molar-refractivity contribution in [1.82, 2.24) is 9.03 Å². The first kappa shape index (κ1) is 22.6. The van der Waals surface area contributed by atoms with Crippen molar-refractivity contribution in [2.45, 2.75) is 63.2 Å². The summed E-state index contributed by atoms with van der Waals surface area (Å²) in [6.07, 6.45) is 5.37. The van der Waals surface area contributed by atoms with E-state index in [-0.39, 0.29) is 23.5 Å². The summed E-state index contributed by atoms with van der Waals surface area (Å²) in [5, 5.41) is 0. The molecule has 5 aliphatic carbocycles. The number of nitrogens with zero attached hydrogens (tertiary/aromatic N) is 1. The topological polar surface area (TPSA) is 75.7 Å². The maximum atomic E-state index is 15.0. The summed E-state index contributed by atoms with van der Waals surface area (Å²) >= 11 is 0. The van der Waals surface area contributed by atoms with Crippen molar-refractivity contribution >= 4 is 16.1 Å². The van der Waals surface area contributed by atoms with Crippen molar-refractivity contribution in [2.75, 3.05) is 19.7 Å². The van der Waals surface area contributed by atoms with E-state index in [4.69, 9.17) is 4.74 Å². The standard InChI is InChI=1S/C24H29F3N2O4S/c25-20-9-21(33-13-23-10-14-6-16(11-23)24(26,27)17(7-14)12-23)18(15-2-3-15)8-19(20)22(30)28-34(31,32)29-4-1-5-29/h8-9,14-17H,1-7,10-13H2,(H,28,30). The number of amides is 1. The van der Waals surface area contributed by atoms with Gasteiger partial charge in [0, 0.05) is 36.4 Å². The SMILES string of the molecule is O=C(NS(=O)(=O)N1CCC1)c1cc(C2CC2)c(OCC23CC4CC(C2)C(F)(F)C(C4)C3)cc1F. The third-order valence-electron chi connectivity index (χ3n) is 8.68. The number of carbonyl (C=O) groups is 1. The predicted octanol–water partition coefficient (Wildman–Crippen LogP) is 4.22. The van der Waals surface area contributed by atoms with Gasteiger partial charge in [-0.2, -0.15) is 12.7 Å². The Morgan fingerprint density at radius 1 is 1.12 bits per heavy atom. The van der Waals surface area contributed by atoms with Crippen molar-refractivity contribution in [2.24, 2.45) is 23.2 Å². The van der Waals surface area contributed by atoms with Crippen LogP contribution in [-0.4, -0.2) is 44.2 Å². The number of carbonyl (C=O) groups excluding carboxylic acids is 1. The van der Waals surface area contributed by atoms with Crippen LogP contribution in [0, 0.1) is 29.0 Å². The summed E-state index contributed by atoms with van der Waals surface area (Å²) in [5.74, 6) is -4.88. The van der Waals surface area contributed by atoms with E-state index < -0.39 is 39.7 Å². The van der Waals surface area contributed by atoms with Crippen LogP contribution in [0.5, 0.6) is 5.75 Å². The Morgan fingerprint density at radius 2 is 1.79 bits per heavy atom. The molecular weight excluding hydrogens is 469 g/mol. The fourth-order valence-electron chi connectivity index (χ4n) is 6.82. The van der Waals surface area contributed by atoms with Gasteiger partial charge < -0.3 is 4.74 Å². The van der Waals surface area contributed by atoms with Crippen LogP contribution in [0.25, 0.3) is 0 Å². The lowest BCUT2D eigenvalue weighted by Crippen LogP contribution is -2.58. The summed E-state index contributed by atoms with van der Waals surface area (Å²) in [7, 11) is -3.99. The average Bonchev–Trinajstić information content (AvgIpc) is 3.53. The van der Waals surface area contributed by atoms with Crippen LogP contribution in [0.4, 0.5) is 13.2 Å². The lowest BCUT2D eigenvalue weighted by Gasteiger charge is -2.59. The molecule has 6 fully saturated rings. The second-order valence-corrected chi connectivity index (χ2v) is 12.8. The molecule has 1 aliphatic heterocycles. The number of halogens is 3. The molecule has 34 heavy (non-hydrogen) atoms. The van der Waals surface area contributed by atoms with Crippen molar-refractivity contribution in [1.29, 1.82) is 0 Å². The second-order valence-electron chi connectivity index (χ2n) is 11.1. The van der Waals surface area contributed by atoms with Crippen LogP contribution in [0.3, 0.4) is 0 Å². The normalized spacial score (nSPS) is 34.0. The highest BCUT2D eigenvalue weighted by molar-refractivity contribution is 7.87. The minimum atomic E-state index is -3.99. The number of hydrogen-bond donors (Lipinski definition) is 1. The minimum absolute atomic E-state index is 0.120. The van der Waals surface area contributed by atoms with Gasteiger partial charge >= 0.3 is 10.2 Å². The molecule has 0 spiro atoms. The van der Waals surface area contributed by atoms with Crippen LogP contribution in [-0.2, 0) is 10.2 Å². The number of alkyl halides is 2. The minimum Gasteiger partial charge on any atom is -0.493 e. The zero-order valence-corrected chi connectivity index (χ0v) is 19.7. The maximum absolute atomic E-state index is 15.0. The lowest BCUT2D eigenvalue weighted by atomic mass is 9.48. The number of rotatable bonds is 7. The first-order valence-corrected chi connectivity index (χ1v) is 13.7. The van der Waals surface area contributed by atoms with Crippen molar-refractivity contribution in [3.05, 3.63) is 29.1 Å². The maximum Gasteiger partial charge on any atom is 0.304 e. The molecule has 2 atom stereocenters. The monoisotopic (exact) mass is 498 g/mol. The van der Waals surface area contributed by atoms with Crippen LogP contribution >= 0.6 is 0 Å². The van der Waals surface area contributed by atoms with E-state index in [9.17, 15) is 26.4 Å². The van der Waals surface area contributed by atoms with Crippen LogP contribution < -0.4 is 9.46 Å². The van der Waals surface area contributed by atoms with E-state index in [1.807, 2.05) is 4.72 Å². The van der Waals surface area contributed by atoms with E-state index in [2.05, 4.69) is 0 Å². The fourth-order valence-corrected chi connectivity index (χ4v) is 8.03. The Kier molecular flexibility index (Phi) is 5.06. The van der Waals surface area contributed by atoms with Crippen molar-refractivity contribution in [3.63, 3.8) is 0 Å². The van der Waals surface area contributed by atoms with Gasteiger partial charge in [0.1, 0.15) is 11.6 Å². The predicted molar refractivity (Wildman–Crippen MR) is 117 cm³/mol. The molecule has 1 aromatic rings. The average molecular weight is 499 g/mol. The molecule has 4 bridgehead atoms. The van der Waals surface area contributed by atoms with Gasteiger partial charge in [-0.1, -0.05) is 0 Å². The van der Waals surface area contributed by atoms with Gasteiger partial charge in [-0.15, -0.1) is 0 Å². The molecule has 2 unspecified atom stereocenters. The Balaban J connectivity index is 1.21. The van der Waals surface area contributed by atoms with Crippen LogP contribution in [0.15, 0.2) is 12.1 Å². The molecule has 6 aliphatic rings. The van der Waals surface area contributed by atoms with Gasteiger partial charge in [0.25, 0.3) is 11.8 Å². The molecule has 186 valence electrons. The molecule has 1 heterocycles. The number of nitrogens with one attached hydrogen (secondary N) is 1. The lowest BCUT2D eigenvalue weighted by molar-refractivity contribution is -0.230. The molecule has 0 radical (unpaired) electrons. The molecule has 0 aromatic heterocycles. The highest BCUT2D eigenvalue weighted by Crippen LogP contribution is 2.65. The molecule has 1 N–H and O–H groups in total. The quantitative estimate of drug-likeness (QED) is 0.611. The summed E-state index contributed by atoms with van der Waals surface area (Å²) in [4.78, 5) is 12.6. The largest absolute Gasteiger partial charge is 0.493 e. The molecule has 1 saturated heterocycles. The second kappa shape index (κ2) is 7.59. The van der Waals surface area contributed by atoms with Gasteiger partial charge in [-0.05, 0) is 74.8 Å². The van der Waals surface area contributed by atoms with Gasteiger partial charge in [0.2, 0.25) is 0 Å². The van der Waals surface area contributed by atoms with Crippen molar-refractivity contribution < 1.29 is 31.1 Å². The third kappa shape index (κ3) is 3.72. The van der Waals surface area contributed by atoms with E-state index >= 15 is 0 Å². The number of ether oxygens (including phenoxy) is 1. The Labute approximate surface area is 197 Å². The summed E-state index contributed by atoms with van der Waals surface area (Å²) < 4.78 is 77.9.